The highest BCUT2D eigenvalue weighted by Gasteiger charge is 2.47. The van der Waals surface area contributed by atoms with E-state index in [0.29, 0.717) is 39.5 Å². The lowest BCUT2D eigenvalue weighted by atomic mass is 10.0. The summed E-state index contributed by atoms with van der Waals surface area (Å²) in [5.74, 6) is 0. The number of ether oxygens (including phenoxy) is 2. The van der Waals surface area contributed by atoms with Crippen molar-refractivity contribution in [1.29, 1.82) is 0 Å². The molecule has 3 rings (SSSR count). The highest BCUT2D eigenvalue weighted by atomic mass is 32.2. The lowest BCUT2D eigenvalue weighted by Crippen LogP contribution is -2.51. The quantitative estimate of drug-likeness (QED) is 0.716. The number of morpholine rings is 1. The first kappa shape index (κ1) is 16.0. The van der Waals surface area contributed by atoms with Crippen LogP contribution in [-0.2, 0) is 19.5 Å². The van der Waals surface area contributed by atoms with E-state index in [1.54, 1.807) is 9.80 Å². The van der Waals surface area contributed by atoms with E-state index in [1.807, 2.05) is 0 Å². The maximum atomic E-state index is 12.7. The highest BCUT2D eigenvalue weighted by Crippen LogP contribution is 2.30. The second-order valence-corrected chi connectivity index (χ2v) is 7.86. The Kier molecular flexibility index (Phi) is 4.58. The standard InChI is InChI=1S/C13H23N3O5S/c1-22(18,19)14-10-9-16(11-3-2-6-21-12(10)11)13(17)15-4-7-20-8-5-15/h10-12,14H,2-9H2,1H3/t10-,11-,12-/m1/s1. The molecule has 0 spiro atoms. The molecule has 2 amide bonds. The molecule has 1 N–H and O–H groups in total. The molecule has 0 aromatic carbocycles. The van der Waals surface area contributed by atoms with Crippen molar-refractivity contribution in [1.82, 2.24) is 14.5 Å². The molecule has 0 radical (unpaired) electrons. The molecule has 0 aliphatic carbocycles. The summed E-state index contributed by atoms with van der Waals surface area (Å²) >= 11 is 0. The monoisotopic (exact) mass is 333 g/mol. The van der Waals surface area contributed by atoms with E-state index in [2.05, 4.69) is 4.72 Å². The van der Waals surface area contributed by atoms with Crippen LogP contribution >= 0.6 is 0 Å². The first-order chi connectivity index (χ1) is 10.5. The van der Waals surface area contributed by atoms with E-state index in [0.717, 1.165) is 19.1 Å². The highest BCUT2D eigenvalue weighted by molar-refractivity contribution is 7.88. The molecule has 126 valence electrons. The number of urea groups is 1. The third-order valence-electron chi connectivity index (χ3n) is 4.42. The molecule has 3 fully saturated rings. The third-order valence-corrected chi connectivity index (χ3v) is 5.15. The summed E-state index contributed by atoms with van der Waals surface area (Å²) < 4.78 is 36.7. The van der Waals surface area contributed by atoms with Crippen LogP contribution in [0.25, 0.3) is 0 Å². The molecule has 0 unspecified atom stereocenters. The fraction of sp³-hybridized carbons (Fsp3) is 0.923. The van der Waals surface area contributed by atoms with Crippen molar-refractivity contribution < 1.29 is 22.7 Å². The molecular weight excluding hydrogens is 310 g/mol. The van der Waals surface area contributed by atoms with Crippen molar-refractivity contribution in [3.63, 3.8) is 0 Å². The minimum Gasteiger partial charge on any atom is -0.378 e. The Bertz CT molecular complexity index is 520. The first-order valence-electron chi connectivity index (χ1n) is 7.68. The molecule has 0 saturated carbocycles. The van der Waals surface area contributed by atoms with Crippen molar-refractivity contribution in [3.05, 3.63) is 0 Å². The summed E-state index contributed by atoms with van der Waals surface area (Å²) in [4.78, 5) is 16.3. The summed E-state index contributed by atoms with van der Waals surface area (Å²) in [6.07, 6.45) is 2.62. The fourth-order valence-electron chi connectivity index (χ4n) is 3.49. The van der Waals surface area contributed by atoms with Gasteiger partial charge >= 0.3 is 6.03 Å². The second-order valence-electron chi connectivity index (χ2n) is 6.08. The van der Waals surface area contributed by atoms with Gasteiger partial charge in [0.2, 0.25) is 10.0 Å². The minimum atomic E-state index is -3.33. The van der Waals surface area contributed by atoms with Crippen LogP contribution in [0.4, 0.5) is 4.79 Å². The Balaban J connectivity index is 1.74. The average Bonchev–Trinajstić information content (AvgIpc) is 2.85. The number of nitrogens with one attached hydrogen (secondary N) is 1. The van der Waals surface area contributed by atoms with E-state index < -0.39 is 10.0 Å². The Morgan fingerprint density at radius 3 is 2.64 bits per heavy atom. The Morgan fingerprint density at radius 1 is 1.23 bits per heavy atom. The lowest BCUT2D eigenvalue weighted by Gasteiger charge is -2.36. The predicted molar refractivity (Wildman–Crippen MR) is 79.0 cm³/mol. The van der Waals surface area contributed by atoms with Gasteiger partial charge in [0.05, 0.1) is 37.7 Å². The van der Waals surface area contributed by atoms with Gasteiger partial charge in [-0.3, -0.25) is 0 Å². The number of sulfonamides is 1. The molecule has 22 heavy (non-hydrogen) atoms. The number of amides is 2. The normalized spacial score (nSPS) is 32.9. The van der Waals surface area contributed by atoms with Crippen molar-refractivity contribution in [2.75, 3.05) is 45.7 Å². The minimum absolute atomic E-state index is 0.0402. The lowest BCUT2D eigenvalue weighted by molar-refractivity contribution is -0.0174. The second kappa shape index (κ2) is 6.31. The maximum absolute atomic E-state index is 12.7. The van der Waals surface area contributed by atoms with Crippen LogP contribution in [0.2, 0.25) is 0 Å². The third kappa shape index (κ3) is 3.37. The van der Waals surface area contributed by atoms with Gasteiger partial charge in [-0.05, 0) is 12.8 Å². The van der Waals surface area contributed by atoms with Gasteiger partial charge in [0.25, 0.3) is 0 Å². The smallest absolute Gasteiger partial charge is 0.320 e. The number of likely N-dealkylation sites (tertiary alicyclic amines) is 1. The zero-order valence-corrected chi connectivity index (χ0v) is 13.5. The van der Waals surface area contributed by atoms with Gasteiger partial charge < -0.3 is 19.3 Å². The number of fused-ring (bicyclic) bond motifs is 1. The Labute approximate surface area is 130 Å². The molecule has 3 atom stereocenters. The van der Waals surface area contributed by atoms with Gasteiger partial charge in [-0.25, -0.2) is 17.9 Å². The van der Waals surface area contributed by atoms with Crippen LogP contribution in [0.1, 0.15) is 12.8 Å². The van der Waals surface area contributed by atoms with Crippen molar-refractivity contribution in [3.8, 4) is 0 Å². The molecule has 0 bridgehead atoms. The van der Waals surface area contributed by atoms with E-state index in [9.17, 15) is 13.2 Å². The van der Waals surface area contributed by atoms with Crippen LogP contribution < -0.4 is 4.72 Å². The van der Waals surface area contributed by atoms with Crippen LogP contribution in [0.3, 0.4) is 0 Å². The van der Waals surface area contributed by atoms with Crippen LogP contribution in [0, 0.1) is 0 Å². The molecule has 3 aliphatic heterocycles. The average molecular weight is 333 g/mol. The van der Waals surface area contributed by atoms with Gasteiger partial charge in [0, 0.05) is 26.2 Å². The molecule has 0 aromatic rings. The van der Waals surface area contributed by atoms with E-state index in [4.69, 9.17) is 9.47 Å². The Morgan fingerprint density at radius 2 is 1.95 bits per heavy atom. The summed E-state index contributed by atoms with van der Waals surface area (Å²) in [6.45, 7) is 3.24. The number of hydrogen-bond acceptors (Lipinski definition) is 5. The van der Waals surface area contributed by atoms with Crippen molar-refractivity contribution in [2.45, 2.75) is 31.0 Å². The van der Waals surface area contributed by atoms with Gasteiger partial charge in [0.15, 0.2) is 0 Å². The van der Waals surface area contributed by atoms with E-state index >= 15 is 0 Å². The van der Waals surface area contributed by atoms with Gasteiger partial charge in [0.1, 0.15) is 0 Å². The van der Waals surface area contributed by atoms with E-state index in [1.165, 1.54) is 0 Å². The number of rotatable bonds is 2. The van der Waals surface area contributed by atoms with Crippen LogP contribution in [-0.4, -0.2) is 88.1 Å². The van der Waals surface area contributed by atoms with Crippen LogP contribution in [0.5, 0.6) is 0 Å². The summed E-state index contributed by atoms with van der Waals surface area (Å²) in [5.41, 5.74) is 0. The molecule has 8 nitrogen and oxygen atoms in total. The van der Waals surface area contributed by atoms with Crippen molar-refractivity contribution >= 4 is 16.1 Å². The molecule has 3 saturated heterocycles. The largest absolute Gasteiger partial charge is 0.378 e. The molecular formula is C13H23N3O5S. The number of nitrogens with zero attached hydrogens (tertiary/aromatic N) is 2. The first-order valence-corrected chi connectivity index (χ1v) is 9.57. The molecule has 3 aliphatic rings. The molecule has 0 aromatic heterocycles. The number of hydrogen-bond donors (Lipinski definition) is 1. The van der Waals surface area contributed by atoms with Crippen molar-refractivity contribution in [2.24, 2.45) is 0 Å². The number of carbonyl (C=O) groups excluding carboxylic acids is 1. The van der Waals surface area contributed by atoms with Gasteiger partial charge in [-0.15, -0.1) is 0 Å². The Hall–Kier alpha value is -0.900. The SMILES string of the molecule is CS(=O)(=O)N[C@@H]1CN(C(=O)N2CCOCC2)[C@@H]2CCCO[C@@H]21. The fourth-order valence-corrected chi connectivity index (χ4v) is 4.25. The van der Waals surface area contributed by atoms with Gasteiger partial charge in [-0.2, -0.15) is 0 Å². The van der Waals surface area contributed by atoms with E-state index in [-0.39, 0.29) is 24.2 Å². The number of carbonyl (C=O) groups is 1. The van der Waals surface area contributed by atoms with Gasteiger partial charge in [-0.1, -0.05) is 0 Å². The maximum Gasteiger partial charge on any atom is 0.320 e. The zero-order chi connectivity index (χ0) is 15.7. The molecule has 3 heterocycles. The molecule has 9 heteroatoms. The topological polar surface area (TPSA) is 88.2 Å². The summed E-state index contributed by atoms with van der Waals surface area (Å²) in [5, 5.41) is 0. The van der Waals surface area contributed by atoms with Crippen LogP contribution in [0.15, 0.2) is 0 Å². The zero-order valence-electron chi connectivity index (χ0n) is 12.7. The summed E-state index contributed by atoms with van der Waals surface area (Å²) in [7, 11) is -3.33. The summed E-state index contributed by atoms with van der Waals surface area (Å²) in [6, 6.07) is -0.463. The predicted octanol–water partition coefficient (Wildman–Crippen LogP) is -0.780.